The van der Waals surface area contributed by atoms with Gasteiger partial charge in [-0.25, -0.2) is 0 Å². The smallest absolute Gasteiger partial charge is 0.260 e. The number of piperidine rings is 1. The summed E-state index contributed by atoms with van der Waals surface area (Å²) >= 11 is 4.65. The Bertz CT molecular complexity index is 566. The molecule has 0 spiro atoms. The highest BCUT2D eigenvalue weighted by atomic mass is 32.1. The van der Waals surface area contributed by atoms with Crippen molar-refractivity contribution in [3.8, 4) is 5.75 Å². The molecule has 1 aliphatic heterocycles. The summed E-state index contributed by atoms with van der Waals surface area (Å²) in [5.74, 6) is 1.41. The van der Waals surface area contributed by atoms with Gasteiger partial charge in [-0.05, 0) is 60.8 Å². The van der Waals surface area contributed by atoms with Crippen LogP contribution < -0.4 is 15.9 Å². The van der Waals surface area contributed by atoms with Crippen molar-refractivity contribution in [1.82, 2.24) is 10.3 Å². The molecule has 6 nitrogen and oxygen atoms in total. The van der Waals surface area contributed by atoms with Gasteiger partial charge in [-0.3, -0.25) is 10.2 Å². The fourth-order valence-corrected chi connectivity index (χ4v) is 2.37. The van der Waals surface area contributed by atoms with Crippen molar-refractivity contribution in [2.45, 2.75) is 19.8 Å². The number of carbonyl (C=O) groups is 1. The summed E-state index contributed by atoms with van der Waals surface area (Å²) < 4.78 is 5.55. The Kier molecular flexibility index (Phi) is 6.34. The van der Waals surface area contributed by atoms with E-state index in [1.165, 1.54) is 0 Å². The van der Waals surface area contributed by atoms with Gasteiger partial charge in [0.25, 0.3) is 5.91 Å². The van der Waals surface area contributed by atoms with Crippen LogP contribution in [-0.4, -0.2) is 41.8 Å². The molecule has 2 rings (SSSR count). The summed E-state index contributed by atoms with van der Waals surface area (Å²) in [5.41, 5.74) is 8.63. The standard InChI is InChI=1S/C16H22N4O2S/c1-12-6-8-20(9-7-12)15(21)11-22-14-4-2-13(3-5-14)10-18-19-16(17)23/h2-5,10,12H,6-9,11H2,1H3,(H3,17,19,23). The Balaban J connectivity index is 1.78. The molecule has 0 aromatic heterocycles. The lowest BCUT2D eigenvalue weighted by atomic mass is 9.99. The summed E-state index contributed by atoms with van der Waals surface area (Å²) in [6.45, 7) is 3.95. The van der Waals surface area contributed by atoms with Gasteiger partial charge < -0.3 is 15.4 Å². The van der Waals surface area contributed by atoms with E-state index < -0.39 is 0 Å². The number of hydrogen-bond donors (Lipinski definition) is 2. The van der Waals surface area contributed by atoms with Crippen LogP contribution in [0.5, 0.6) is 5.75 Å². The van der Waals surface area contributed by atoms with E-state index >= 15 is 0 Å². The first-order valence-corrected chi connectivity index (χ1v) is 8.04. The highest BCUT2D eigenvalue weighted by molar-refractivity contribution is 7.80. The molecule has 1 aromatic carbocycles. The first-order valence-electron chi connectivity index (χ1n) is 7.64. The van der Waals surface area contributed by atoms with Gasteiger partial charge in [-0.1, -0.05) is 6.92 Å². The van der Waals surface area contributed by atoms with Gasteiger partial charge in [0.15, 0.2) is 11.7 Å². The van der Waals surface area contributed by atoms with Crippen LogP contribution in [0, 0.1) is 5.92 Å². The number of hydrogen-bond acceptors (Lipinski definition) is 4. The van der Waals surface area contributed by atoms with E-state index in [1.807, 2.05) is 17.0 Å². The van der Waals surface area contributed by atoms with Crippen molar-refractivity contribution in [3.63, 3.8) is 0 Å². The van der Waals surface area contributed by atoms with Crippen LogP contribution in [0.25, 0.3) is 0 Å². The molecule has 0 aliphatic carbocycles. The Labute approximate surface area is 141 Å². The number of ether oxygens (including phenoxy) is 1. The molecule has 0 bridgehead atoms. The number of nitrogens with one attached hydrogen (secondary N) is 1. The van der Waals surface area contributed by atoms with E-state index in [2.05, 4.69) is 29.7 Å². The van der Waals surface area contributed by atoms with Crippen LogP contribution >= 0.6 is 12.2 Å². The largest absolute Gasteiger partial charge is 0.484 e. The number of nitrogens with zero attached hydrogens (tertiary/aromatic N) is 2. The highest BCUT2D eigenvalue weighted by Crippen LogP contribution is 2.16. The minimum absolute atomic E-state index is 0.0446. The maximum absolute atomic E-state index is 12.1. The number of amides is 1. The molecular formula is C16H22N4O2S. The number of likely N-dealkylation sites (tertiary alicyclic amines) is 1. The highest BCUT2D eigenvalue weighted by Gasteiger charge is 2.20. The molecule has 3 N–H and O–H groups in total. The van der Waals surface area contributed by atoms with Gasteiger partial charge in [0.1, 0.15) is 5.75 Å². The molecule has 7 heteroatoms. The average molecular weight is 334 g/mol. The second-order valence-electron chi connectivity index (χ2n) is 5.66. The minimum Gasteiger partial charge on any atom is -0.484 e. The van der Waals surface area contributed by atoms with E-state index in [9.17, 15) is 4.79 Å². The summed E-state index contributed by atoms with van der Waals surface area (Å²) in [5, 5.41) is 3.99. The van der Waals surface area contributed by atoms with Crippen molar-refractivity contribution < 1.29 is 9.53 Å². The minimum atomic E-state index is 0.0446. The van der Waals surface area contributed by atoms with E-state index in [1.54, 1.807) is 18.3 Å². The lowest BCUT2D eigenvalue weighted by Gasteiger charge is -2.30. The molecule has 124 valence electrons. The lowest BCUT2D eigenvalue weighted by Crippen LogP contribution is -2.40. The van der Waals surface area contributed by atoms with Crippen LogP contribution in [-0.2, 0) is 4.79 Å². The van der Waals surface area contributed by atoms with Crippen molar-refractivity contribution >= 4 is 29.5 Å². The summed E-state index contributed by atoms with van der Waals surface area (Å²) in [4.78, 5) is 14.0. The van der Waals surface area contributed by atoms with Crippen LogP contribution in [0.4, 0.5) is 0 Å². The SMILES string of the molecule is CC1CCN(C(=O)COc2ccc(C=NNC(N)=S)cc2)CC1. The number of hydrazone groups is 1. The van der Waals surface area contributed by atoms with Gasteiger partial charge in [0.2, 0.25) is 0 Å². The number of benzene rings is 1. The fourth-order valence-electron chi connectivity index (χ4n) is 2.31. The fraction of sp³-hybridized carbons (Fsp3) is 0.438. The van der Waals surface area contributed by atoms with Crippen molar-refractivity contribution in [3.05, 3.63) is 29.8 Å². The second-order valence-corrected chi connectivity index (χ2v) is 6.10. The third-order valence-corrected chi connectivity index (χ3v) is 3.86. The molecule has 1 aromatic rings. The second kappa shape index (κ2) is 8.47. The van der Waals surface area contributed by atoms with Gasteiger partial charge in [0, 0.05) is 13.1 Å². The molecule has 1 heterocycles. The molecule has 1 fully saturated rings. The zero-order chi connectivity index (χ0) is 16.7. The molecule has 1 amide bonds. The quantitative estimate of drug-likeness (QED) is 0.484. The number of thiocarbonyl (C=S) groups is 1. The van der Waals surface area contributed by atoms with Crippen molar-refractivity contribution in [2.24, 2.45) is 16.8 Å². The predicted octanol–water partition coefficient (Wildman–Crippen LogP) is 1.49. The van der Waals surface area contributed by atoms with E-state index in [0.29, 0.717) is 11.7 Å². The zero-order valence-electron chi connectivity index (χ0n) is 13.2. The van der Waals surface area contributed by atoms with Gasteiger partial charge in [-0.15, -0.1) is 0 Å². The summed E-state index contributed by atoms with van der Waals surface area (Å²) in [7, 11) is 0. The lowest BCUT2D eigenvalue weighted by molar-refractivity contribution is -0.134. The summed E-state index contributed by atoms with van der Waals surface area (Å²) in [6, 6.07) is 7.28. The average Bonchev–Trinajstić information content (AvgIpc) is 2.54. The normalized spacial score (nSPS) is 15.6. The first-order chi connectivity index (χ1) is 11.0. The monoisotopic (exact) mass is 334 g/mol. The maximum Gasteiger partial charge on any atom is 0.260 e. The van der Waals surface area contributed by atoms with Crippen LogP contribution in [0.1, 0.15) is 25.3 Å². The molecular weight excluding hydrogens is 312 g/mol. The number of carbonyl (C=O) groups excluding carboxylic acids is 1. The molecule has 0 unspecified atom stereocenters. The van der Waals surface area contributed by atoms with Crippen molar-refractivity contribution in [1.29, 1.82) is 0 Å². The first kappa shape index (κ1) is 17.2. The Morgan fingerprint density at radius 3 is 2.70 bits per heavy atom. The topological polar surface area (TPSA) is 80.0 Å². The third kappa shape index (κ3) is 5.86. The Morgan fingerprint density at radius 1 is 1.43 bits per heavy atom. The number of nitrogens with two attached hydrogens (primary N) is 1. The Hall–Kier alpha value is -2.15. The molecule has 1 aliphatic rings. The van der Waals surface area contributed by atoms with Crippen LogP contribution in [0.15, 0.2) is 29.4 Å². The van der Waals surface area contributed by atoms with E-state index in [4.69, 9.17) is 10.5 Å². The van der Waals surface area contributed by atoms with E-state index in [0.717, 1.165) is 31.5 Å². The molecule has 0 radical (unpaired) electrons. The number of rotatable bonds is 5. The summed E-state index contributed by atoms with van der Waals surface area (Å²) in [6.07, 6.45) is 3.74. The predicted molar refractivity (Wildman–Crippen MR) is 94.4 cm³/mol. The maximum atomic E-state index is 12.1. The van der Waals surface area contributed by atoms with E-state index in [-0.39, 0.29) is 17.6 Å². The molecule has 1 saturated heterocycles. The van der Waals surface area contributed by atoms with Gasteiger partial charge in [0.05, 0.1) is 6.21 Å². The molecule has 0 atom stereocenters. The van der Waals surface area contributed by atoms with Crippen LogP contribution in [0.2, 0.25) is 0 Å². The third-order valence-electron chi connectivity index (χ3n) is 3.77. The van der Waals surface area contributed by atoms with Gasteiger partial charge in [-0.2, -0.15) is 5.10 Å². The zero-order valence-corrected chi connectivity index (χ0v) is 14.0. The van der Waals surface area contributed by atoms with Gasteiger partial charge >= 0.3 is 0 Å². The molecule has 0 saturated carbocycles. The molecule has 23 heavy (non-hydrogen) atoms. The van der Waals surface area contributed by atoms with Crippen molar-refractivity contribution in [2.75, 3.05) is 19.7 Å². The Morgan fingerprint density at radius 2 is 2.09 bits per heavy atom. The van der Waals surface area contributed by atoms with Crippen LogP contribution in [0.3, 0.4) is 0 Å².